The fraction of sp³-hybridized carbons (Fsp3) is 0.462. The van der Waals surface area contributed by atoms with Crippen molar-refractivity contribution >= 4 is 23.7 Å². The molecule has 1 rings (SSSR count). The molecule has 0 aliphatic heterocycles. The topological polar surface area (TPSA) is 77.5 Å². The number of hydrogen-bond acceptors (Lipinski definition) is 5. The Balaban J connectivity index is 2.71. The van der Waals surface area contributed by atoms with Crippen molar-refractivity contribution in [3.05, 3.63) is 28.5 Å². The number of methoxy groups -OCH3 is 1. The zero-order valence-corrected chi connectivity index (χ0v) is 12.6. The minimum absolute atomic E-state index is 0.0842. The number of hydrogen-bond donors (Lipinski definition) is 1. The number of ether oxygens (including phenoxy) is 2. The molecule has 6 nitrogen and oxygen atoms in total. The van der Waals surface area contributed by atoms with E-state index >= 15 is 0 Å². The zero-order valence-electron chi connectivity index (χ0n) is 11.8. The third kappa shape index (κ3) is 5.44. The van der Waals surface area contributed by atoms with E-state index in [0.29, 0.717) is 5.56 Å². The summed E-state index contributed by atoms with van der Waals surface area (Å²) in [5.74, 6) is -0.592. The number of rotatable bonds is 3. The van der Waals surface area contributed by atoms with Gasteiger partial charge in [-0.15, -0.1) is 0 Å². The Kier molecular flexibility index (Phi) is 5.33. The molecule has 0 bridgehead atoms. The monoisotopic (exact) mass is 300 g/mol. The predicted octanol–water partition coefficient (Wildman–Crippen LogP) is 2.55. The van der Waals surface area contributed by atoms with Crippen molar-refractivity contribution in [2.24, 2.45) is 0 Å². The number of esters is 1. The van der Waals surface area contributed by atoms with Crippen molar-refractivity contribution in [1.29, 1.82) is 0 Å². The van der Waals surface area contributed by atoms with E-state index in [0.717, 1.165) is 0 Å². The van der Waals surface area contributed by atoms with Crippen molar-refractivity contribution in [3.8, 4) is 0 Å². The van der Waals surface area contributed by atoms with Gasteiger partial charge < -0.3 is 14.8 Å². The van der Waals surface area contributed by atoms with Gasteiger partial charge in [0.1, 0.15) is 16.4 Å². The maximum absolute atomic E-state index is 11.5. The van der Waals surface area contributed by atoms with Crippen molar-refractivity contribution < 1.29 is 19.1 Å². The molecule has 1 amide bonds. The Labute approximate surface area is 122 Å². The fourth-order valence-electron chi connectivity index (χ4n) is 1.35. The number of aromatic nitrogens is 1. The first kappa shape index (κ1) is 16.2. The van der Waals surface area contributed by atoms with Gasteiger partial charge in [0.05, 0.1) is 7.11 Å². The SMILES string of the molecule is COC(=O)c1cc(CNC(=O)OC(C)(C)C)cc(Cl)n1. The maximum atomic E-state index is 11.5. The first-order valence-electron chi connectivity index (χ1n) is 5.93. The maximum Gasteiger partial charge on any atom is 0.407 e. The molecular formula is C13H17ClN2O4. The highest BCUT2D eigenvalue weighted by Crippen LogP contribution is 2.12. The van der Waals surface area contributed by atoms with Gasteiger partial charge in [0.25, 0.3) is 0 Å². The molecule has 1 aromatic rings. The van der Waals surface area contributed by atoms with Gasteiger partial charge in [0.2, 0.25) is 0 Å². The first-order valence-corrected chi connectivity index (χ1v) is 6.30. The van der Waals surface area contributed by atoms with Gasteiger partial charge in [-0.1, -0.05) is 11.6 Å². The van der Waals surface area contributed by atoms with Crippen LogP contribution in [0.15, 0.2) is 12.1 Å². The Morgan fingerprint density at radius 1 is 1.35 bits per heavy atom. The van der Waals surface area contributed by atoms with Crippen molar-refractivity contribution in [2.45, 2.75) is 32.9 Å². The molecule has 0 radical (unpaired) electrons. The first-order chi connectivity index (χ1) is 9.21. The zero-order chi connectivity index (χ0) is 15.3. The number of carbonyl (C=O) groups is 2. The highest BCUT2D eigenvalue weighted by atomic mass is 35.5. The van der Waals surface area contributed by atoms with E-state index in [-0.39, 0.29) is 17.4 Å². The lowest BCUT2D eigenvalue weighted by Gasteiger charge is -2.19. The highest BCUT2D eigenvalue weighted by Gasteiger charge is 2.16. The van der Waals surface area contributed by atoms with Crippen LogP contribution in [0, 0.1) is 0 Å². The van der Waals surface area contributed by atoms with E-state index < -0.39 is 17.7 Å². The standard InChI is InChI=1S/C13H17ClN2O4/c1-13(2,3)20-12(18)15-7-8-5-9(11(17)19-4)16-10(14)6-8/h5-6H,7H2,1-4H3,(H,15,18). The summed E-state index contributed by atoms with van der Waals surface area (Å²) >= 11 is 5.81. The van der Waals surface area contributed by atoms with Gasteiger partial charge in [0, 0.05) is 6.54 Å². The number of carbonyl (C=O) groups excluding carboxylic acids is 2. The third-order valence-electron chi connectivity index (χ3n) is 2.08. The number of nitrogens with zero attached hydrogens (tertiary/aromatic N) is 1. The summed E-state index contributed by atoms with van der Waals surface area (Å²) in [6.45, 7) is 5.48. The Morgan fingerprint density at radius 3 is 2.55 bits per heavy atom. The molecule has 0 unspecified atom stereocenters. The average molecular weight is 301 g/mol. The number of alkyl carbamates (subject to hydrolysis) is 1. The summed E-state index contributed by atoms with van der Waals surface area (Å²) in [4.78, 5) is 26.7. The lowest BCUT2D eigenvalue weighted by molar-refractivity contribution is 0.0523. The molecule has 110 valence electrons. The van der Waals surface area contributed by atoms with Crippen LogP contribution in [0.25, 0.3) is 0 Å². The quantitative estimate of drug-likeness (QED) is 0.685. The lowest BCUT2D eigenvalue weighted by Crippen LogP contribution is -2.32. The number of amides is 1. The molecular weight excluding hydrogens is 284 g/mol. The normalized spacial score (nSPS) is 10.8. The van der Waals surface area contributed by atoms with Crippen LogP contribution in [0.4, 0.5) is 4.79 Å². The summed E-state index contributed by atoms with van der Waals surface area (Å²) in [6, 6.07) is 3.04. The van der Waals surface area contributed by atoms with Crippen LogP contribution in [-0.2, 0) is 16.0 Å². The lowest BCUT2D eigenvalue weighted by atomic mass is 10.2. The molecule has 0 saturated heterocycles. The predicted molar refractivity (Wildman–Crippen MR) is 73.7 cm³/mol. The summed E-state index contributed by atoms with van der Waals surface area (Å²) in [5, 5.41) is 2.71. The van der Waals surface area contributed by atoms with Crippen molar-refractivity contribution in [2.75, 3.05) is 7.11 Å². The minimum atomic E-state index is -0.592. The smallest absolute Gasteiger partial charge is 0.407 e. The van der Waals surface area contributed by atoms with Gasteiger partial charge in [-0.3, -0.25) is 0 Å². The summed E-state index contributed by atoms with van der Waals surface area (Å²) < 4.78 is 9.66. The van der Waals surface area contributed by atoms with Crippen LogP contribution in [-0.4, -0.2) is 29.8 Å². The summed E-state index contributed by atoms with van der Waals surface area (Å²) in [5.41, 5.74) is 0.134. The van der Waals surface area contributed by atoms with Gasteiger partial charge in [-0.2, -0.15) is 0 Å². The van der Waals surface area contributed by atoms with Crippen molar-refractivity contribution in [1.82, 2.24) is 10.3 Å². The van der Waals surface area contributed by atoms with E-state index in [1.165, 1.54) is 13.2 Å². The fourth-order valence-corrected chi connectivity index (χ4v) is 1.58. The second-order valence-electron chi connectivity index (χ2n) is 5.03. The number of nitrogens with one attached hydrogen (secondary N) is 1. The molecule has 1 aromatic heterocycles. The van der Waals surface area contributed by atoms with E-state index in [1.54, 1.807) is 26.8 Å². The van der Waals surface area contributed by atoms with Crippen LogP contribution < -0.4 is 5.32 Å². The van der Waals surface area contributed by atoms with Gasteiger partial charge >= 0.3 is 12.1 Å². The molecule has 0 atom stereocenters. The van der Waals surface area contributed by atoms with Gasteiger partial charge in [0.15, 0.2) is 0 Å². The average Bonchev–Trinajstić information content (AvgIpc) is 2.32. The van der Waals surface area contributed by atoms with Gasteiger partial charge in [-0.25, -0.2) is 14.6 Å². The molecule has 1 N–H and O–H groups in total. The molecule has 0 fully saturated rings. The molecule has 20 heavy (non-hydrogen) atoms. The van der Waals surface area contributed by atoms with Crippen LogP contribution in [0.1, 0.15) is 36.8 Å². The molecule has 0 aliphatic carbocycles. The molecule has 1 heterocycles. The van der Waals surface area contributed by atoms with E-state index in [1.807, 2.05) is 0 Å². The van der Waals surface area contributed by atoms with E-state index in [4.69, 9.17) is 16.3 Å². The molecule has 0 spiro atoms. The van der Waals surface area contributed by atoms with E-state index in [9.17, 15) is 9.59 Å². The minimum Gasteiger partial charge on any atom is -0.464 e. The molecule has 0 aromatic carbocycles. The second-order valence-corrected chi connectivity index (χ2v) is 5.42. The largest absolute Gasteiger partial charge is 0.464 e. The summed E-state index contributed by atoms with van der Waals surface area (Å²) in [6.07, 6.45) is -0.551. The van der Waals surface area contributed by atoms with Crippen LogP contribution in [0.5, 0.6) is 0 Å². The summed E-state index contributed by atoms with van der Waals surface area (Å²) in [7, 11) is 1.25. The van der Waals surface area contributed by atoms with Crippen LogP contribution >= 0.6 is 11.6 Å². The molecule has 0 aliphatic rings. The second kappa shape index (κ2) is 6.56. The van der Waals surface area contributed by atoms with E-state index in [2.05, 4.69) is 15.0 Å². The Morgan fingerprint density at radius 2 is 2.00 bits per heavy atom. The molecule has 0 saturated carbocycles. The number of halogens is 1. The van der Waals surface area contributed by atoms with Crippen molar-refractivity contribution in [3.63, 3.8) is 0 Å². The highest BCUT2D eigenvalue weighted by molar-refractivity contribution is 6.29. The molecule has 7 heteroatoms. The number of pyridine rings is 1. The van der Waals surface area contributed by atoms with Gasteiger partial charge in [-0.05, 0) is 38.5 Å². The Bertz CT molecular complexity index is 512. The Hall–Kier alpha value is -1.82. The van der Waals surface area contributed by atoms with Crippen LogP contribution in [0.2, 0.25) is 5.15 Å². The van der Waals surface area contributed by atoms with Crippen LogP contribution in [0.3, 0.4) is 0 Å². The third-order valence-corrected chi connectivity index (χ3v) is 2.28.